The number of rotatable bonds is 8. The second-order valence-corrected chi connectivity index (χ2v) is 11.9. The normalized spacial score (nSPS) is 13.3. The fraction of sp³-hybridized carbons (Fsp3) is 0.167. The highest BCUT2D eigenvalue weighted by Crippen LogP contribution is 2.32. The Morgan fingerprint density at radius 2 is 1.30 bits per heavy atom. The summed E-state index contributed by atoms with van der Waals surface area (Å²) < 4.78 is 69.6. The Kier molecular flexibility index (Phi) is 7.74. The highest BCUT2D eigenvalue weighted by Gasteiger charge is 2.38. The molecule has 0 aromatic heterocycles. The Bertz CT molecular complexity index is 1290. The van der Waals surface area contributed by atoms with Crippen molar-refractivity contribution < 1.29 is 21.2 Å². The van der Waals surface area contributed by atoms with E-state index in [9.17, 15) is 16.8 Å². The van der Waals surface area contributed by atoms with Crippen molar-refractivity contribution >= 4 is 37.2 Å². The summed E-state index contributed by atoms with van der Waals surface area (Å²) >= 11 is 6.06. The first-order valence-electron chi connectivity index (χ1n) is 10.1. The topological polar surface area (TPSA) is 71.5 Å². The van der Waals surface area contributed by atoms with Crippen LogP contribution in [-0.4, -0.2) is 27.1 Å². The number of hydrogen-bond donors (Lipinski definition) is 0. The van der Waals surface area contributed by atoms with Crippen molar-refractivity contribution in [3.05, 3.63) is 101 Å². The molecule has 3 rings (SSSR count). The van der Waals surface area contributed by atoms with Crippen LogP contribution in [0.15, 0.2) is 101 Å². The van der Waals surface area contributed by atoms with E-state index in [1.165, 1.54) is 48.5 Å². The Labute approximate surface area is 199 Å². The minimum atomic E-state index is -4.61. The average molecular weight is 508 g/mol. The summed E-state index contributed by atoms with van der Waals surface area (Å²) in [7, 11) is -9.21. The van der Waals surface area contributed by atoms with E-state index in [0.717, 1.165) is 0 Å². The SMILES string of the molecule is CC(C)/C(=C(/F)CN(S(=O)(=O)c1ccccc1)S(=O)(=O)c1ccccc1)c1cccc(Cl)c1. The lowest BCUT2D eigenvalue weighted by Crippen LogP contribution is -2.38. The molecule has 0 aliphatic rings. The maximum absolute atomic E-state index is 15.7. The highest BCUT2D eigenvalue weighted by molar-refractivity contribution is 8.04. The molecule has 0 saturated heterocycles. The number of nitrogens with zero attached hydrogens (tertiary/aromatic N) is 1. The largest absolute Gasteiger partial charge is 0.256 e. The van der Waals surface area contributed by atoms with Gasteiger partial charge in [0.15, 0.2) is 0 Å². The van der Waals surface area contributed by atoms with Gasteiger partial charge < -0.3 is 0 Å². The Balaban J connectivity index is 2.21. The summed E-state index contributed by atoms with van der Waals surface area (Å²) in [5.74, 6) is -1.25. The van der Waals surface area contributed by atoms with Crippen LogP contribution in [0.25, 0.3) is 5.57 Å². The van der Waals surface area contributed by atoms with Gasteiger partial charge in [0, 0.05) is 5.02 Å². The van der Waals surface area contributed by atoms with Crippen LogP contribution >= 0.6 is 11.6 Å². The first-order chi connectivity index (χ1) is 15.5. The smallest absolute Gasteiger partial charge is 0.210 e. The summed E-state index contributed by atoms with van der Waals surface area (Å²) in [5, 5.41) is 0.379. The van der Waals surface area contributed by atoms with E-state index < -0.39 is 32.4 Å². The van der Waals surface area contributed by atoms with Crippen LogP contribution in [0.5, 0.6) is 0 Å². The van der Waals surface area contributed by atoms with E-state index in [-0.39, 0.29) is 25.0 Å². The second kappa shape index (κ2) is 10.2. The van der Waals surface area contributed by atoms with E-state index in [4.69, 9.17) is 11.6 Å². The Morgan fingerprint density at radius 1 is 0.818 bits per heavy atom. The minimum absolute atomic E-state index is 0.175. The molecule has 9 heteroatoms. The molecule has 0 aliphatic carbocycles. The number of halogens is 2. The molecule has 0 fully saturated rings. The molecule has 174 valence electrons. The molecule has 3 aromatic rings. The van der Waals surface area contributed by atoms with E-state index >= 15 is 4.39 Å². The van der Waals surface area contributed by atoms with Crippen molar-refractivity contribution in [3.63, 3.8) is 0 Å². The van der Waals surface area contributed by atoms with Crippen LogP contribution < -0.4 is 0 Å². The molecule has 0 radical (unpaired) electrons. The zero-order valence-corrected chi connectivity index (χ0v) is 20.4. The van der Waals surface area contributed by atoms with Gasteiger partial charge >= 0.3 is 0 Å². The predicted octanol–water partition coefficient (Wildman–Crippen LogP) is 5.76. The lowest BCUT2D eigenvalue weighted by molar-refractivity contribution is 0.480. The van der Waals surface area contributed by atoms with E-state index in [1.54, 1.807) is 50.2 Å². The van der Waals surface area contributed by atoms with Crippen LogP contribution in [0.1, 0.15) is 19.4 Å². The predicted molar refractivity (Wildman–Crippen MR) is 128 cm³/mol. The van der Waals surface area contributed by atoms with Crippen LogP contribution in [0.2, 0.25) is 5.02 Å². The van der Waals surface area contributed by atoms with Gasteiger partial charge in [0.1, 0.15) is 5.83 Å². The highest BCUT2D eigenvalue weighted by atomic mass is 35.5. The monoisotopic (exact) mass is 507 g/mol. The molecule has 3 aromatic carbocycles. The number of allylic oxidation sites excluding steroid dienone is 1. The van der Waals surface area contributed by atoms with Crippen LogP contribution in [-0.2, 0) is 20.0 Å². The van der Waals surface area contributed by atoms with Gasteiger partial charge in [-0.2, -0.15) is 0 Å². The third-order valence-corrected chi connectivity index (χ3v) is 9.37. The first-order valence-corrected chi connectivity index (χ1v) is 13.3. The van der Waals surface area contributed by atoms with Gasteiger partial charge in [0.25, 0.3) is 20.0 Å². The van der Waals surface area contributed by atoms with Crippen molar-refractivity contribution in [2.45, 2.75) is 23.6 Å². The second-order valence-electron chi connectivity index (χ2n) is 7.55. The molecule has 0 saturated carbocycles. The van der Waals surface area contributed by atoms with E-state index in [1.807, 2.05) is 0 Å². The first kappa shape index (κ1) is 25.1. The zero-order valence-electron chi connectivity index (χ0n) is 18.0. The van der Waals surface area contributed by atoms with Crippen molar-refractivity contribution in [2.75, 3.05) is 6.54 Å². The summed E-state index contributed by atoms with van der Waals surface area (Å²) in [4.78, 5) is -0.516. The van der Waals surface area contributed by atoms with Crippen molar-refractivity contribution in [2.24, 2.45) is 5.92 Å². The maximum Gasteiger partial charge on any atom is 0.256 e. The molecular formula is C24H23ClFNO4S2. The summed E-state index contributed by atoms with van der Waals surface area (Å²) in [5.41, 5.74) is 0.623. The average Bonchev–Trinajstić information content (AvgIpc) is 2.78. The van der Waals surface area contributed by atoms with Gasteiger partial charge in [-0.3, -0.25) is 0 Å². The lowest BCUT2D eigenvalue weighted by atomic mass is 9.94. The number of hydrogen-bond acceptors (Lipinski definition) is 4. The van der Waals surface area contributed by atoms with Gasteiger partial charge in [-0.1, -0.05) is 77.7 Å². The third kappa shape index (κ3) is 5.52. The molecule has 5 nitrogen and oxygen atoms in total. The lowest BCUT2D eigenvalue weighted by Gasteiger charge is -2.23. The Hall–Kier alpha value is -2.52. The van der Waals surface area contributed by atoms with Gasteiger partial charge in [-0.25, -0.2) is 21.2 Å². The van der Waals surface area contributed by atoms with Crippen LogP contribution in [0.4, 0.5) is 4.39 Å². The van der Waals surface area contributed by atoms with Gasteiger partial charge in [-0.15, -0.1) is 0 Å². The van der Waals surface area contributed by atoms with Crippen LogP contribution in [0, 0.1) is 5.92 Å². The van der Waals surface area contributed by atoms with Crippen molar-refractivity contribution in [3.8, 4) is 0 Å². The van der Waals surface area contributed by atoms with E-state index in [2.05, 4.69) is 0 Å². The Morgan fingerprint density at radius 3 is 1.73 bits per heavy atom. The van der Waals surface area contributed by atoms with Gasteiger partial charge in [0.2, 0.25) is 0 Å². The standard InChI is InChI=1S/C24H23ClFNO4S2/c1-18(2)24(19-10-9-11-20(25)16-19)23(26)17-27(32(28,29)21-12-5-3-6-13-21)33(30,31)22-14-7-4-8-15-22/h3-16,18H,17H2,1-2H3/b24-23-. The quantitative estimate of drug-likeness (QED) is 0.389. The molecule has 0 aliphatic heterocycles. The molecule has 0 amide bonds. The van der Waals surface area contributed by atoms with Crippen molar-refractivity contribution in [1.29, 1.82) is 0 Å². The summed E-state index contributed by atoms with van der Waals surface area (Å²) in [6, 6.07) is 20.6. The molecule has 0 unspecified atom stereocenters. The molecule has 0 bridgehead atoms. The van der Waals surface area contributed by atoms with Crippen molar-refractivity contribution in [1.82, 2.24) is 3.71 Å². The molecule has 0 spiro atoms. The number of benzene rings is 3. The molecule has 33 heavy (non-hydrogen) atoms. The fourth-order valence-electron chi connectivity index (χ4n) is 3.38. The third-order valence-electron chi connectivity index (χ3n) is 4.89. The summed E-state index contributed by atoms with van der Waals surface area (Å²) in [6.45, 7) is 2.48. The molecule has 0 heterocycles. The molecular weight excluding hydrogens is 485 g/mol. The van der Waals surface area contributed by atoms with E-state index in [0.29, 0.717) is 10.6 Å². The maximum atomic E-state index is 15.7. The van der Waals surface area contributed by atoms with Crippen LogP contribution in [0.3, 0.4) is 0 Å². The van der Waals surface area contributed by atoms with Gasteiger partial charge in [-0.05, 0) is 53.5 Å². The van der Waals surface area contributed by atoms with Gasteiger partial charge in [0.05, 0.1) is 16.3 Å². The molecule has 0 atom stereocenters. The summed E-state index contributed by atoms with van der Waals surface area (Å²) in [6.07, 6.45) is 0. The number of sulfonamides is 2. The fourth-order valence-corrected chi connectivity index (χ4v) is 7.16. The minimum Gasteiger partial charge on any atom is -0.210 e. The zero-order chi connectivity index (χ0) is 24.2. The molecule has 0 N–H and O–H groups in total.